The van der Waals surface area contributed by atoms with Crippen molar-refractivity contribution in [1.29, 1.82) is 0 Å². The average molecular weight is 946 g/mol. The van der Waals surface area contributed by atoms with E-state index >= 15 is 0 Å². The van der Waals surface area contributed by atoms with Crippen LogP contribution in [0.3, 0.4) is 0 Å². The molecule has 1 unspecified atom stereocenters. The van der Waals surface area contributed by atoms with Crippen LogP contribution in [0.25, 0.3) is 0 Å². The van der Waals surface area contributed by atoms with E-state index < -0.39 is 6.10 Å². The monoisotopic (exact) mass is 945 g/mol. The normalized spacial score (nSPS) is 12.8. The van der Waals surface area contributed by atoms with Gasteiger partial charge in [-0.25, -0.2) is 0 Å². The van der Waals surface area contributed by atoms with E-state index in [1.54, 1.807) is 0 Å². The molecule has 0 amide bonds. The van der Waals surface area contributed by atoms with Crippen molar-refractivity contribution in [2.45, 2.75) is 264 Å². The van der Waals surface area contributed by atoms with Gasteiger partial charge < -0.3 is 14.2 Å². The van der Waals surface area contributed by atoms with Crippen LogP contribution < -0.4 is 0 Å². The lowest BCUT2D eigenvalue weighted by atomic mass is 10.1. The van der Waals surface area contributed by atoms with Crippen molar-refractivity contribution in [3.63, 3.8) is 0 Å². The summed E-state index contributed by atoms with van der Waals surface area (Å²) in [5.74, 6) is -0.904. The largest absolute Gasteiger partial charge is 0.462 e. The molecule has 0 aliphatic carbocycles. The fraction of sp³-hybridized carbons (Fsp3) is 0.694. The van der Waals surface area contributed by atoms with Gasteiger partial charge in [-0.3, -0.25) is 14.4 Å². The average Bonchev–Trinajstić information content (AvgIpc) is 3.34. The molecule has 0 aromatic carbocycles. The highest BCUT2D eigenvalue weighted by molar-refractivity contribution is 5.71. The summed E-state index contributed by atoms with van der Waals surface area (Å²) in [6.07, 6.45) is 74.3. The number of hydrogen-bond donors (Lipinski definition) is 0. The highest BCUT2D eigenvalue weighted by atomic mass is 16.6. The van der Waals surface area contributed by atoms with E-state index in [4.69, 9.17) is 14.2 Å². The fourth-order valence-electron chi connectivity index (χ4n) is 7.59. The van der Waals surface area contributed by atoms with E-state index in [-0.39, 0.29) is 31.1 Å². The van der Waals surface area contributed by atoms with Crippen LogP contribution in [0.1, 0.15) is 258 Å². The number of ether oxygens (including phenoxy) is 3. The molecule has 0 aromatic rings. The number of allylic oxidation sites excluding steroid dienone is 16. The van der Waals surface area contributed by atoms with Gasteiger partial charge in [-0.1, -0.05) is 234 Å². The number of rotatable bonds is 50. The van der Waals surface area contributed by atoms with Crippen LogP contribution >= 0.6 is 0 Å². The molecule has 0 N–H and O–H groups in total. The summed E-state index contributed by atoms with van der Waals surface area (Å²) in [6.45, 7) is 6.44. The highest BCUT2D eigenvalue weighted by Gasteiger charge is 2.19. The molecule has 68 heavy (non-hydrogen) atoms. The Balaban J connectivity index is 4.11. The molecule has 388 valence electrons. The molecule has 0 saturated heterocycles. The van der Waals surface area contributed by atoms with Gasteiger partial charge in [0.05, 0.1) is 0 Å². The van der Waals surface area contributed by atoms with Crippen molar-refractivity contribution in [1.82, 2.24) is 0 Å². The molecule has 0 aromatic heterocycles. The van der Waals surface area contributed by atoms with Crippen molar-refractivity contribution >= 4 is 17.9 Å². The standard InChI is InChI=1S/C62H104O6/c1-4-7-10-13-16-18-20-22-23-24-25-26-27-28-29-30-31-32-33-34-35-36-37-38-39-40-42-43-46-49-52-55-61(64)67-58-59(57-66-60(63)54-51-48-45-15-12-9-6-3)68-62(65)56-53-50-47-44-41-21-19-17-14-11-8-5-2/h7,10,16-19,22-23,25-26,28-29,31-32,34-35,59H,4-6,8-9,11-15,20-21,24,27,30,33,36-58H2,1-3H3/b10-7-,18-16-,19-17-,23-22-,26-25-,29-28-,32-31-,35-34-. The second kappa shape index (κ2) is 55.9. The molecule has 0 spiro atoms. The lowest BCUT2D eigenvalue weighted by molar-refractivity contribution is -0.167. The van der Waals surface area contributed by atoms with Crippen molar-refractivity contribution in [2.24, 2.45) is 0 Å². The minimum absolute atomic E-state index is 0.0813. The van der Waals surface area contributed by atoms with Gasteiger partial charge in [0.2, 0.25) is 0 Å². The van der Waals surface area contributed by atoms with Crippen molar-refractivity contribution in [3.8, 4) is 0 Å². The quantitative estimate of drug-likeness (QED) is 0.0262. The first-order chi connectivity index (χ1) is 33.5. The van der Waals surface area contributed by atoms with Crippen LogP contribution in [0.15, 0.2) is 97.2 Å². The molecule has 0 radical (unpaired) electrons. The molecule has 0 bridgehead atoms. The maximum atomic E-state index is 12.7. The van der Waals surface area contributed by atoms with E-state index in [1.165, 1.54) is 96.3 Å². The van der Waals surface area contributed by atoms with E-state index in [0.717, 1.165) is 122 Å². The summed E-state index contributed by atoms with van der Waals surface area (Å²) in [6, 6.07) is 0. The molecule has 6 heteroatoms. The van der Waals surface area contributed by atoms with Gasteiger partial charge in [-0.2, -0.15) is 0 Å². The fourth-order valence-corrected chi connectivity index (χ4v) is 7.59. The van der Waals surface area contributed by atoms with Crippen LogP contribution in [0, 0.1) is 0 Å². The Morgan fingerprint density at radius 1 is 0.309 bits per heavy atom. The minimum Gasteiger partial charge on any atom is -0.462 e. The molecule has 0 heterocycles. The van der Waals surface area contributed by atoms with E-state index in [9.17, 15) is 14.4 Å². The predicted octanol–water partition coefficient (Wildman–Crippen LogP) is 18.9. The Kier molecular flexibility index (Phi) is 52.9. The van der Waals surface area contributed by atoms with Crippen LogP contribution in [-0.2, 0) is 28.6 Å². The first-order valence-corrected chi connectivity index (χ1v) is 28.2. The maximum Gasteiger partial charge on any atom is 0.306 e. The summed E-state index contributed by atoms with van der Waals surface area (Å²) in [4.78, 5) is 37.8. The van der Waals surface area contributed by atoms with Gasteiger partial charge in [-0.05, 0) is 103 Å². The van der Waals surface area contributed by atoms with Crippen LogP contribution in [0.2, 0.25) is 0 Å². The smallest absolute Gasteiger partial charge is 0.306 e. The van der Waals surface area contributed by atoms with E-state index in [0.29, 0.717) is 19.3 Å². The topological polar surface area (TPSA) is 78.9 Å². The lowest BCUT2D eigenvalue weighted by Gasteiger charge is -2.18. The first kappa shape index (κ1) is 64.3. The second-order valence-corrected chi connectivity index (χ2v) is 18.5. The Hall–Kier alpha value is -3.67. The summed E-state index contributed by atoms with van der Waals surface area (Å²) in [5.41, 5.74) is 0. The summed E-state index contributed by atoms with van der Waals surface area (Å²) in [5, 5.41) is 0. The van der Waals surface area contributed by atoms with E-state index in [2.05, 4.69) is 118 Å². The zero-order chi connectivity index (χ0) is 49.3. The van der Waals surface area contributed by atoms with Crippen LogP contribution in [0.5, 0.6) is 0 Å². The number of carbonyl (C=O) groups excluding carboxylic acids is 3. The Morgan fingerprint density at radius 2 is 0.574 bits per heavy atom. The SMILES string of the molecule is CC/C=C\C/C=C\C/C=C\C/C=C\C/C=C\C/C=C\C/C=C\CCCCCCCCCCCC(=O)OCC(COC(=O)CCCCCCCCC)OC(=O)CCCCCCC/C=C\CCCCC. The molecule has 0 fully saturated rings. The number of esters is 3. The molecule has 1 atom stereocenters. The molecular formula is C62H104O6. The van der Waals surface area contributed by atoms with Crippen molar-refractivity contribution in [3.05, 3.63) is 97.2 Å². The molecule has 0 saturated carbocycles. The maximum absolute atomic E-state index is 12.7. The molecule has 6 nitrogen and oxygen atoms in total. The third-order valence-electron chi connectivity index (χ3n) is 11.8. The number of unbranched alkanes of at least 4 members (excludes halogenated alkanes) is 23. The lowest BCUT2D eigenvalue weighted by Crippen LogP contribution is -2.30. The summed E-state index contributed by atoms with van der Waals surface area (Å²) in [7, 11) is 0. The van der Waals surface area contributed by atoms with Crippen LogP contribution in [0.4, 0.5) is 0 Å². The van der Waals surface area contributed by atoms with Crippen LogP contribution in [-0.4, -0.2) is 37.2 Å². The predicted molar refractivity (Wildman–Crippen MR) is 293 cm³/mol. The third-order valence-corrected chi connectivity index (χ3v) is 11.8. The van der Waals surface area contributed by atoms with Crippen molar-refractivity contribution < 1.29 is 28.6 Å². The Morgan fingerprint density at radius 3 is 0.941 bits per heavy atom. The summed E-state index contributed by atoms with van der Waals surface area (Å²) >= 11 is 0. The minimum atomic E-state index is -0.780. The Bertz CT molecular complexity index is 1360. The van der Waals surface area contributed by atoms with Gasteiger partial charge in [0.15, 0.2) is 6.10 Å². The van der Waals surface area contributed by atoms with Gasteiger partial charge >= 0.3 is 17.9 Å². The zero-order valence-electron chi connectivity index (χ0n) is 44.3. The highest BCUT2D eigenvalue weighted by Crippen LogP contribution is 2.14. The number of carbonyl (C=O) groups is 3. The van der Waals surface area contributed by atoms with Crippen molar-refractivity contribution in [2.75, 3.05) is 13.2 Å². The van der Waals surface area contributed by atoms with Gasteiger partial charge in [0, 0.05) is 19.3 Å². The zero-order valence-corrected chi connectivity index (χ0v) is 44.3. The Labute approximate surface area is 419 Å². The van der Waals surface area contributed by atoms with Gasteiger partial charge in [0.1, 0.15) is 13.2 Å². The third kappa shape index (κ3) is 53.3. The second-order valence-electron chi connectivity index (χ2n) is 18.5. The first-order valence-electron chi connectivity index (χ1n) is 28.2. The molecular weight excluding hydrogens is 841 g/mol. The van der Waals surface area contributed by atoms with Gasteiger partial charge in [0.25, 0.3) is 0 Å². The summed E-state index contributed by atoms with van der Waals surface area (Å²) < 4.78 is 16.7. The van der Waals surface area contributed by atoms with Gasteiger partial charge in [-0.15, -0.1) is 0 Å². The van der Waals surface area contributed by atoms with E-state index in [1.807, 2.05) is 0 Å². The molecule has 0 rings (SSSR count). The number of hydrogen-bond acceptors (Lipinski definition) is 6. The molecule has 0 aliphatic heterocycles. The molecule has 0 aliphatic rings.